The molecule has 1 fully saturated rings. The molecule has 2 nitrogen and oxygen atoms in total. The molecule has 1 heterocycles. The molecule has 0 aliphatic carbocycles. The summed E-state index contributed by atoms with van der Waals surface area (Å²) in [6, 6.07) is 8.15. The Labute approximate surface area is 105 Å². The van der Waals surface area contributed by atoms with Gasteiger partial charge in [-0.3, -0.25) is 0 Å². The molecule has 0 radical (unpaired) electrons. The summed E-state index contributed by atoms with van der Waals surface area (Å²) in [5.41, 5.74) is 0.589. The quantitative estimate of drug-likeness (QED) is 0.905. The van der Waals surface area contributed by atoms with Gasteiger partial charge in [0.25, 0.3) is 0 Å². The number of aliphatic hydroxyl groups is 1. The highest BCUT2D eigenvalue weighted by atomic mass is 79.9. The maximum Gasteiger partial charge on any atom is 0.0734 e. The van der Waals surface area contributed by atoms with Crippen LogP contribution in [0.2, 0.25) is 0 Å². The predicted molar refractivity (Wildman–Crippen MR) is 67.4 cm³/mol. The second-order valence-corrected chi connectivity index (χ2v) is 5.58. The molecule has 2 unspecified atom stereocenters. The summed E-state index contributed by atoms with van der Waals surface area (Å²) < 4.78 is 6.54. The zero-order valence-electron chi connectivity index (χ0n) is 9.45. The first-order valence-corrected chi connectivity index (χ1v) is 6.45. The molecular weight excluding hydrogens is 268 g/mol. The SMILES string of the molecule is CC1CC(O)(Cc2ccc(Br)cc2)CCO1. The fourth-order valence-corrected chi connectivity index (χ4v) is 2.55. The highest BCUT2D eigenvalue weighted by Gasteiger charge is 2.33. The summed E-state index contributed by atoms with van der Waals surface area (Å²) in [5, 5.41) is 10.5. The third-order valence-electron chi connectivity index (χ3n) is 3.08. The normalized spacial score (nSPS) is 30.3. The number of rotatable bonds is 2. The van der Waals surface area contributed by atoms with E-state index < -0.39 is 5.60 Å². The van der Waals surface area contributed by atoms with Gasteiger partial charge in [-0.25, -0.2) is 0 Å². The molecule has 1 aliphatic rings. The van der Waals surface area contributed by atoms with E-state index in [1.807, 2.05) is 19.1 Å². The van der Waals surface area contributed by atoms with Gasteiger partial charge in [-0.15, -0.1) is 0 Å². The van der Waals surface area contributed by atoms with Crippen molar-refractivity contribution in [2.75, 3.05) is 6.61 Å². The van der Waals surface area contributed by atoms with Gasteiger partial charge in [-0.1, -0.05) is 28.1 Å². The smallest absolute Gasteiger partial charge is 0.0734 e. The van der Waals surface area contributed by atoms with E-state index in [2.05, 4.69) is 28.1 Å². The zero-order chi connectivity index (χ0) is 11.6. The molecule has 16 heavy (non-hydrogen) atoms. The summed E-state index contributed by atoms with van der Waals surface area (Å²) in [4.78, 5) is 0. The number of benzene rings is 1. The van der Waals surface area contributed by atoms with Crippen LogP contribution in [0.15, 0.2) is 28.7 Å². The molecule has 0 amide bonds. The van der Waals surface area contributed by atoms with Crippen LogP contribution in [0.3, 0.4) is 0 Å². The van der Waals surface area contributed by atoms with E-state index in [0.717, 1.165) is 17.3 Å². The monoisotopic (exact) mass is 284 g/mol. The Balaban J connectivity index is 2.05. The summed E-state index contributed by atoms with van der Waals surface area (Å²) in [6.45, 7) is 2.68. The van der Waals surface area contributed by atoms with Crippen LogP contribution in [-0.4, -0.2) is 23.4 Å². The molecule has 0 bridgehead atoms. The maximum atomic E-state index is 10.5. The van der Waals surface area contributed by atoms with Crippen molar-refractivity contribution < 1.29 is 9.84 Å². The topological polar surface area (TPSA) is 29.5 Å². The van der Waals surface area contributed by atoms with Crippen LogP contribution in [0.1, 0.15) is 25.3 Å². The molecule has 1 aliphatic heterocycles. The summed E-state index contributed by atoms with van der Waals surface area (Å²) >= 11 is 3.41. The Kier molecular flexibility index (Phi) is 3.67. The molecule has 0 spiro atoms. The van der Waals surface area contributed by atoms with Gasteiger partial charge in [-0.2, -0.15) is 0 Å². The van der Waals surface area contributed by atoms with E-state index in [9.17, 15) is 5.11 Å². The van der Waals surface area contributed by atoms with Crippen molar-refractivity contribution >= 4 is 15.9 Å². The zero-order valence-corrected chi connectivity index (χ0v) is 11.0. The van der Waals surface area contributed by atoms with Crippen LogP contribution in [-0.2, 0) is 11.2 Å². The molecule has 88 valence electrons. The summed E-state index contributed by atoms with van der Waals surface area (Å²) in [7, 11) is 0. The average molecular weight is 285 g/mol. The first kappa shape index (κ1) is 12.1. The van der Waals surface area contributed by atoms with Crippen LogP contribution in [0.4, 0.5) is 0 Å². The molecule has 0 saturated carbocycles. The Morgan fingerprint density at radius 1 is 1.44 bits per heavy atom. The Morgan fingerprint density at radius 2 is 2.12 bits per heavy atom. The van der Waals surface area contributed by atoms with Crippen molar-refractivity contribution in [3.05, 3.63) is 34.3 Å². The molecular formula is C13H17BrO2. The first-order valence-electron chi connectivity index (χ1n) is 5.66. The van der Waals surface area contributed by atoms with Gasteiger partial charge in [-0.05, 0) is 31.0 Å². The van der Waals surface area contributed by atoms with Crippen molar-refractivity contribution in [2.45, 2.75) is 37.9 Å². The Hall–Kier alpha value is -0.380. The minimum atomic E-state index is -0.592. The average Bonchev–Trinajstić information content (AvgIpc) is 2.21. The molecule has 1 N–H and O–H groups in total. The molecule has 3 heteroatoms. The van der Waals surface area contributed by atoms with Crippen LogP contribution < -0.4 is 0 Å². The van der Waals surface area contributed by atoms with Crippen molar-refractivity contribution in [3.8, 4) is 0 Å². The lowest BCUT2D eigenvalue weighted by Gasteiger charge is -2.35. The maximum absolute atomic E-state index is 10.5. The Morgan fingerprint density at radius 3 is 2.75 bits per heavy atom. The first-order chi connectivity index (χ1) is 7.57. The second-order valence-electron chi connectivity index (χ2n) is 4.66. The van der Waals surface area contributed by atoms with Crippen LogP contribution in [0.5, 0.6) is 0 Å². The predicted octanol–water partition coefficient (Wildman–Crippen LogP) is 2.92. The van der Waals surface area contributed by atoms with E-state index in [1.165, 1.54) is 5.56 Å². The Bertz CT molecular complexity index is 349. The molecule has 1 saturated heterocycles. The van der Waals surface area contributed by atoms with Crippen molar-refractivity contribution in [1.29, 1.82) is 0 Å². The van der Waals surface area contributed by atoms with Crippen LogP contribution in [0, 0.1) is 0 Å². The molecule has 1 aromatic rings. The second kappa shape index (κ2) is 4.86. The summed E-state index contributed by atoms with van der Waals surface area (Å²) in [5.74, 6) is 0. The van der Waals surface area contributed by atoms with Crippen molar-refractivity contribution in [2.24, 2.45) is 0 Å². The van der Waals surface area contributed by atoms with Gasteiger partial charge in [0.1, 0.15) is 0 Å². The molecule has 2 atom stereocenters. The van der Waals surface area contributed by atoms with E-state index in [-0.39, 0.29) is 6.10 Å². The number of hydrogen-bond donors (Lipinski definition) is 1. The third-order valence-corrected chi connectivity index (χ3v) is 3.61. The highest BCUT2D eigenvalue weighted by molar-refractivity contribution is 9.10. The van der Waals surface area contributed by atoms with E-state index in [4.69, 9.17) is 4.74 Å². The number of hydrogen-bond acceptors (Lipinski definition) is 2. The van der Waals surface area contributed by atoms with Gasteiger partial charge in [0.2, 0.25) is 0 Å². The van der Waals surface area contributed by atoms with Crippen LogP contribution in [0.25, 0.3) is 0 Å². The largest absolute Gasteiger partial charge is 0.389 e. The van der Waals surface area contributed by atoms with Gasteiger partial charge < -0.3 is 9.84 Å². The third kappa shape index (κ3) is 3.06. The van der Waals surface area contributed by atoms with Gasteiger partial charge in [0.05, 0.1) is 11.7 Å². The van der Waals surface area contributed by atoms with Crippen molar-refractivity contribution in [1.82, 2.24) is 0 Å². The lowest BCUT2D eigenvalue weighted by Crippen LogP contribution is -2.41. The van der Waals surface area contributed by atoms with Gasteiger partial charge in [0.15, 0.2) is 0 Å². The summed E-state index contributed by atoms with van der Waals surface area (Å²) in [6.07, 6.45) is 2.33. The van der Waals surface area contributed by atoms with Crippen molar-refractivity contribution in [3.63, 3.8) is 0 Å². The minimum Gasteiger partial charge on any atom is -0.389 e. The number of ether oxygens (including phenoxy) is 1. The van der Waals surface area contributed by atoms with Gasteiger partial charge >= 0.3 is 0 Å². The number of halogens is 1. The van der Waals surface area contributed by atoms with E-state index >= 15 is 0 Å². The van der Waals surface area contributed by atoms with Crippen LogP contribution >= 0.6 is 15.9 Å². The van der Waals surface area contributed by atoms with E-state index in [1.54, 1.807) is 0 Å². The molecule has 0 aromatic heterocycles. The lowest BCUT2D eigenvalue weighted by molar-refractivity contribution is -0.0961. The minimum absolute atomic E-state index is 0.161. The molecule has 1 aromatic carbocycles. The fourth-order valence-electron chi connectivity index (χ4n) is 2.29. The highest BCUT2D eigenvalue weighted by Crippen LogP contribution is 2.28. The lowest BCUT2D eigenvalue weighted by atomic mass is 9.85. The van der Waals surface area contributed by atoms with E-state index in [0.29, 0.717) is 13.0 Å². The standard InChI is InChI=1S/C13H17BrO2/c1-10-8-13(15,6-7-16-10)9-11-2-4-12(14)5-3-11/h2-5,10,15H,6-9H2,1H3. The van der Waals surface area contributed by atoms with Gasteiger partial charge in [0, 0.05) is 23.9 Å². The fraction of sp³-hybridized carbons (Fsp3) is 0.538. The molecule has 2 rings (SSSR count).